The summed E-state index contributed by atoms with van der Waals surface area (Å²) >= 11 is 3.48. The zero-order valence-electron chi connectivity index (χ0n) is 11.7. The fourth-order valence-electron chi connectivity index (χ4n) is 2.22. The lowest BCUT2D eigenvalue weighted by Crippen LogP contribution is -2.12. The Balaban J connectivity index is 1.65. The maximum atomic E-state index is 5.64. The first-order valence-electron chi connectivity index (χ1n) is 6.76. The highest BCUT2D eigenvalue weighted by Gasteiger charge is 2.10. The number of hydrogen-bond donors (Lipinski definition) is 2. The normalized spacial score (nSPS) is 11.0. The van der Waals surface area contributed by atoms with Crippen LogP contribution in [0.5, 0.6) is 0 Å². The Morgan fingerprint density at radius 2 is 2.14 bits per heavy atom. The lowest BCUT2D eigenvalue weighted by Gasteiger charge is -2.05. The smallest absolute Gasteiger partial charge is 0.152 e. The first-order valence-corrected chi connectivity index (χ1v) is 7.56. The van der Waals surface area contributed by atoms with Crippen molar-refractivity contribution < 1.29 is 4.42 Å². The molecule has 0 amide bonds. The fraction of sp³-hybridized carbons (Fsp3) is 0.188. The van der Waals surface area contributed by atoms with Crippen LogP contribution in [0, 0.1) is 6.92 Å². The Morgan fingerprint density at radius 3 is 2.90 bits per heavy atom. The third-order valence-corrected chi connectivity index (χ3v) is 3.73. The molecule has 4 nitrogen and oxygen atoms in total. The molecule has 0 aliphatic heterocycles. The van der Waals surface area contributed by atoms with E-state index in [1.165, 1.54) is 5.56 Å². The molecule has 0 radical (unpaired) electrons. The first kappa shape index (κ1) is 14.1. The third-order valence-electron chi connectivity index (χ3n) is 3.24. The van der Waals surface area contributed by atoms with Crippen LogP contribution in [-0.4, -0.2) is 10.2 Å². The number of nitrogens with zero attached hydrogens (tertiary/aromatic N) is 1. The Bertz CT molecular complexity index is 732. The van der Waals surface area contributed by atoms with Crippen molar-refractivity contribution in [3.8, 4) is 11.5 Å². The molecular weight excluding hydrogens is 330 g/mol. The molecule has 5 heteroatoms. The van der Waals surface area contributed by atoms with Crippen molar-refractivity contribution >= 4 is 15.9 Å². The lowest BCUT2D eigenvalue weighted by molar-refractivity contribution is 0.545. The second-order valence-corrected chi connectivity index (χ2v) is 5.83. The molecule has 2 aromatic heterocycles. The maximum Gasteiger partial charge on any atom is 0.152 e. The number of H-pyrrole nitrogens is 1. The number of halogens is 1. The van der Waals surface area contributed by atoms with Crippen LogP contribution in [0.2, 0.25) is 0 Å². The predicted molar refractivity (Wildman–Crippen MR) is 85.7 cm³/mol. The second kappa shape index (κ2) is 6.28. The van der Waals surface area contributed by atoms with E-state index >= 15 is 0 Å². The van der Waals surface area contributed by atoms with Gasteiger partial charge in [0.2, 0.25) is 0 Å². The van der Waals surface area contributed by atoms with Crippen LogP contribution in [0.4, 0.5) is 0 Å². The molecule has 0 unspecified atom stereocenters. The summed E-state index contributed by atoms with van der Waals surface area (Å²) in [4.78, 5) is 0. The van der Waals surface area contributed by atoms with Gasteiger partial charge in [0.25, 0.3) is 0 Å². The number of hydrogen-bond acceptors (Lipinski definition) is 3. The van der Waals surface area contributed by atoms with Gasteiger partial charge in [0, 0.05) is 23.1 Å². The van der Waals surface area contributed by atoms with E-state index in [1.807, 2.05) is 37.4 Å². The number of aromatic amines is 1. The molecular formula is C16H16BrN3O. The summed E-state index contributed by atoms with van der Waals surface area (Å²) in [5.41, 5.74) is 3.27. The fourth-order valence-corrected chi connectivity index (χ4v) is 2.66. The molecule has 2 N–H and O–H groups in total. The van der Waals surface area contributed by atoms with Crippen LogP contribution in [0.25, 0.3) is 11.5 Å². The largest absolute Gasteiger partial charge is 0.460 e. The average Bonchev–Trinajstić information content (AvgIpc) is 3.07. The van der Waals surface area contributed by atoms with E-state index in [9.17, 15) is 0 Å². The van der Waals surface area contributed by atoms with Crippen molar-refractivity contribution in [3.63, 3.8) is 0 Å². The zero-order valence-corrected chi connectivity index (χ0v) is 13.3. The Labute approximate surface area is 131 Å². The van der Waals surface area contributed by atoms with E-state index in [-0.39, 0.29) is 0 Å². The summed E-state index contributed by atoms with van der Waals surface area (Å²) in [6.45, 7) is 3.48. The molecule has 0 fully saturated rings. The predicted octanol–water partition coefficient (Wildman–Crippen LogP) is 4.03. The van der Waals surface area contributed by atoms with Gasteiger partial charge in [-0.05, 0) is 36.8 Å². The van der Waals surface area contributed by atoms with Crippen LogP contribution in [0.3, 0.4) is 0 Å². The Hall–Kier alpha value is -1.85. The number of furan rings is 1. The summed E-state index contributed by atoms with van der Waals surface area (Å²) in [5, 5.41) is 10.5. The van der Waals surface area contributed by atoms with Crippen molar-refractivity contribution in [1.29, 1.82) is 0 Å². The van der Waals surface area contributed by atoms with Crippen molar-refractivity contribution in [2.75, 3.05) is 0 Å². The van der Waals surface area contributed by atoms with E-state index < -0.39 is 0 Å². The second-order valence-electron chi connectivity index (χ2n) is 4.91. The van der Waals surface area contributed by atoms with Gasteiger partial charge in [0.05, 0.1) is 6.20 Å². The minimum atomic E-state index is 0.734. The molecule has 0 saturated heterocycles. The molecule has 0 atom stereocenters. The van der Waals surface area contributed by atoms with E-state index in [1.54, 1.807) is 0 Å². The van der Waals surface area contributed by atoms with Gasteiger partial charge < -0.3 is 9.73 Å². The van der Waals surface area contributed by atoms with Gasteiger partial charge >= 0.3 is 0 Å². The Kier molecular flexibility index (Phi) is 4.22. The minimum absolute atomic E-state index is 0.734. The first-order chi connectivity index (χ1) is 10.2. The summed E-state index contributed by atoms with van der Waals surface area (Å²) in [5.74, 6) is 1.72. The molecule has 3 rings (SSSR count). The molecule has 0 spiro atoms. The van der Waals surface area contributed by atoms with E-state index in [4.69, 9.17) is 4.42 Å². The number of nitrogens with one attached hydrogen (secondary N) is 2. The van der Waals surface area contributed by atoms with Gasteiger partial charge in [-0.1, -0.05) is 28.1 Å². The quantitative estimate of drug-likeness (QED) is 0.733. The SMILES string of the molecule is Cc1ccc(-c2[nH]ncc2CNCc2cccc(Br)c2)o1. The maximum absolute atomic E-state index is 5.64. The molecule has 0 aliphatic rings. The van der Waals surface area contributed by atoms with Gasteiger partial charge in [-0.25, -0.2) is 0 Å². The highest BCUT2D eigenvalue weighted by Crippen LogP contribution is 2.23. The summed E-state index contributed by atoms with van der Waals surface area (Å²) in [6, 6.07) is 12.2. The molecule has 1 aromatic carbocycles. The standard InChI is InChI=1S/C16H16BrN3O/c1-11-5-6-15(21-11)16-13(10-19-20-16)9-18-8-12-3-2-4-14(17)7-12/h2-7,10,18H,8-9H2,1H3,(H,19,20). The topological polar surface area (TPSA) is 53.9 Å². The van der Waals surface area contributed by atoms with Crippen molar-refractivity contribution in [3.05, 3.63) is 64.0 Å². The van der Waals surface area contributed by atoms with E-state index in [0.29, 0.717) is 0 Å². The highest BCUT2D eigenvalue weighted by atomic mass is 79.9. The van der Waals surface area contributed by atoms with E-state index in [2.05, 4.69) is 43.6 Å². The van der Waals surface area contributed by atoms with Gasteiger partial charge in [-0.15, -0.1) is 0 Å². The number of aryl methyl sites for hydroxylation is 1. The summed E-state index contributed by atoms with van der Waals surface area (Å²) < 4.78 is 6.74. The van der Waals surface area contributed by atoms with Gasteiger partial charge in [0.15, 0.2) is 5.76 Å². The molecule has 21 heavy (non-hydrogen) atoms. The monoisotopic (exact) mass is 345 g/mol. The molecule has 0 aliphatic carbocycles. The van der Waals surface area contributed by atoms with Gasteiger partial charge in [-0.2, -0.15) is 5.10 Å². The van der Waals surface area contributed by atoms with Crippen molar-refractivity contribution in [2.24, 2.45) is 0 Å². The summed E-state index contributed by atoms with van der Waals surface area (Å²) in [6.07, 6.45) is 1.83. The summed E-state index contributed by atoms with van der Waals surface area (Å²) in [7, 11) is 0. The number of rotatable bonds is 5. The van der Waals surface area contributed by atoms with Gasteiger partial charge in [0.1, 0.15) is 11.5 Å². The highest BCUT2D eigenvalue weighted by molar-refractivity contribution is 9.10. The molecule has 2 heterocycles. The van der Waals surface area contributed by atoms with Crippen molar-refractivity contribution in [1.82, 2.24) is 15.5 Å². The third kappa shape index (κ3) is 3.43. The molecule has 3 aromatic rings. The minimum Gasteiger partial charge on any atom is -0.460 e. The van der Waals surface area contributed by atoms with Crippen LogP contribution in [0.15, 0.2) is 51.5 Å². The molecule has 0 saturated carbocycles. The average molecular weight is 346 g/mol. The molecule has 0 bridgehead atoms. The molecule has 108 valence electrons. The lowest BCUT2D eigenvalue weighted by atomic mass is 10.2. The number of benzene rings is 1. The van der Waals surface area contributed by atoms with Crippen molar-refractivity contribution in [2.45, 2.75) is 20.0 Å². The number of aromatic nitrogens is 2. The van der Waals surface area contributed by atoms with E-state index in [0.717, 1.165) is 40.3 Å². The van der Waals surface area contributed by atoms with Gasteiger partial charge in [-0.3, -0.25) is 5.10 Å². The Morgan fingerprint density at radius 1 is 1.24 bits per heavy atom. The van der Waals surface area contributed by atoms with Crippen LogP contribution in [-0.2, 0) is 13.1 Å². The van der Waals surface area contributed by atoms with Crippen LogP contribution in [0.1, 0.15) is 16.9 Å². The van der Waals surface area contributed by atoms with Crippen LogP contribution >= 0.6 is 15.9 Å². The van der Waals surface area contributed by atoms with Crippen LogP contribution < -0.4 is 5.32 Å². The zero-order chi connectivity index (χ0) is 14.7.